The summed E-state index contributed by atoms with van der Waals surface area (Å²) in [4.78, 5) is 3.29. The Labute approximate surface area is 107 Å². The van der Waals surface area contributed by atoms with Crippen LogP contribution in [0.2, 0.25) is 0 Å². The first-order chi connectivity index (χ1) is 8.84. The van der Waals surface area contributed by atoms with Crippen LogP contribution in [0.5, 0.6) is 0 Å². The monoisotopic (exact) mass is 233 g/mol. The number of fused-ring (bicyclic) bond motifs is 1. The molecule has 0 aliphatic heterocycles. The Bertz CT molecular complexity index is 704. The molecule has 0 amide bonds. The van der Waals surface area contributed by atoms with Gasteiger partial charge in [-0.05, 0) is 29.7 Å². The molecule has 0 saturated carbocycles. The predicted molar refractivity (Wildman–Crippen MR) is 78.4 cm³/mol. The van der Waals surface area contributed by atoms with E-state index >= 15 is 0 Å². The Hall–Kier alpha value is -2.28. The van der Waals surface area contributed by atoms with E-state index in [4.69, 9.17) is 0 Å². The van der Waals surface area contributed by atoms with Gasteiger partial charge in [0.25, 0.3) is 0 Å². The molecule has 0 bridgehead atoms. The van der Waals surface area contributed by atoms with Gasteiger partial charge in [0.15, 0.2) is 0 Å². The van der Waals surface area contributed by atoms with E-state index in [1.54, 1.807) is 0 Å². The van der Waals surface area contributed by atoms with E-state index in [1.807, 2.05) is 6.07 Å². The number of aryl methyl sites for hydroxylation is 1. The fourth-order valence-electron chi connectivity index (χ4n) is 2.19. The van der Waals surface area contributed by atoms with Crippen LogP contribution in [0.15, 0.2) is 54.7 Å². The molecular weight excluding hydrogens is 218 g/mol. The van der Waals surface area contributed by atoms with E-state index in [9.17, 15) is 0 Å². The lowest BCUT2D eigenvalue weighted by molar-refractivity contribution is 1.44. The van der Waals surface area contributed by atoms with E-state index < -0.39 is 0 Å². The molecule has 3 rings (SSSR count). The third-order valence-electron chi connectivity index (χ3n) is 3.25. The number of nitrogens with one attached hydrogen (secondary N) is 1. The highest BCUT2D eigenvalue weighted by Gasteiger charge is 1.99. The number of aromatic nitrogens is 1. The number of rotatable bonds is 2. The quantitative estimate of drug-likeness (QED) is 0.663. The molecule has 2 aromatic carbocycles. The topological polar surface area (TPSA) is 15.8 Å². The summed E-state index contributed by atoms with van der Waals surface area (Å²) in [5.41, 5.74) is 4.98. The molecule has 0 fully saturated rings. The van der Waals surface area contributed by atoms with Crippen LogP contribution >= 0.6 is 0 Å². The average molecular weight is 233 g/mol. The second-order valence-electron chi connectivity index (χ2n) is 4.48. The molecule has 0 unspecified atom stereocenters. The Morgan fingerprint density at radius 2 is 1.56 bits per heavy atom. The Morgan fingerprint density at radius 3 is 2.44 bits per heavy atom. The van der Waals surface area contributed by atoms with Gasteiger partial charge >= 0.3 is 0 Å². The van der Waals surface area contributed by atoms with Crippen LogP contribution in [0.25, 0.3) is 23.1 Å². The molecular formula is C17H15N. The number of para-hydroxylation sites is 1. The van der Waals surface area contributed by atoms with Gasteiger partial charge in [-0.1, -0.05) is 54.6 Å². The van der Waals surface area contributed by atoms with Crippen LogP contribution in [0, 0.1) is 6.92 Å². The Kier molecular flexibility index (Phi) is 2.73. The summed E-state index contributed by atoms with van der Waals surface area (Å²) in [6.45, 7) is 2.13. The van der Waals surface area contributed by atoms with Gasteiger partial charge in [0.1, 0.15) is 0 Å². The minimum Gasteiger partial charge on any atom is -0.361 e. The maximum atomic E-state index is 3.29. The number of benzene rings is 2. The normalized spacial score (nSPS) is 11.4. The minimum absolute atomic E-state index is 1.18. The zero-order valence-electron chi connectivity index (χ0n) is 10.4. The highest BCUT2D eigenvalue weighted by atomic mass is 14.7. The first-order valence-electron chi connectivity index (χ1n) is 6.14. The van der Waals surface area contributed by atoms with Gasteiger partial charge in [0, 0.05) is 17.1 Å². The highest BCUT2D eigenvalue weighted by molar-refractivity contribution is 5.91. The molecule has 0 atom stereocenters. The minimum atomic E-state index is 1.18. The second-order valence-corrected chi connectivity index (χ2v) is 4.48. The van der Waals surface area contributed by atoms with Gasteiger partial charge in [-0.25, -0.2) is 0 Å². The summed E-state index contributed by atoms with van der Waals surface area (Å²) in [7, 11) is 0. The molecule has 88 valence electrons. The fraction of sp³-hybridized carbons (Fsp3) is 0.0588. The molecule has 1 aromatic heterocycles. The molecule has 1 N–H and O–H groups in total. The lowest BCUT2D eigenvalue weighted by Gasteiger charge is -1.98. The molecule has 0 aliphatic carbocycles. The summed E-state index contributed by atoms with van der Waals surface area (Å²) < 4.78 is 0. The van der Waals surface area contributed by atoms with Crippen LogP contribution < -0.4 is 0 Å². The number of aromatic amines is 1. The highest BCUT2D eigenvalue weighted by Crippen LogP contribution is 2.20. The van der Waals surface area contributed by atoms with Crippen LogP contribution in [-0.2, 0) is 0 Å². The summed E-state index contributed by atoms with van der Waals surface area (Å²) in [5, 5.41) is 1.27. The summed E-state index contributed by atoms with van der Waals surface area (Å²) in [5.74, 6) is 0. The van der Waals surface area contributed by atoms with Crippen molar-refractivity contribution in [3.05, 3.63) is 71.4 Å². The predicted octanol–water partition coefficient (Wildman–Crippen LogP) is 4.65. The first kappa shape index (κ1) is 10.8. The van der Waals surface area contributed by atoms with Gasteiger partial charge < -0.3 is 4.98 Å². The van der Waals surface area contributed by atoms with Gasteiger partial charge in [-0.2, -0.15) is 0 Å². The van der Waals surface area contributed by atoms with Crippen LogP contribution in [0.1, 0.15) is 16.7 Å². The molecule has 0 aliphatic rings. The number of hydrogen-bond acceptors (Lipinski definition) is 0. The number of hydrogen-bond donors (Lipinski definition) is 1. The number of H-pyrrole nitrogens is 1. The molecule has 1 heterocycles. The van der Waals surface area contributed by atoms with Gasteiger partial charge in [0.2, 0.25) is 0 Å². The maximum Gasteiger partial charge on any atom is 0.0460 e. The zero-order chi connectivity index (χ0) is 12.4. The molecule has 0 radical (unpaired) electrons. The van der Waals surface area contributed by atoms with E-state index in [-0.39, 0.29) is 0 Å². The van der Waals surface area contributed by atoms with Crippen molar-refractivity contribution in [1.29, 1.82) is 0 Å². The first-order valence-corrected chi connectivity index (χ1v) is 6.14. The van der Waals surface area contributed by atoms with Crippen molar-refractivity contribution in [2.24, 2.45) is 0 Å². The average Bonchev–Trinajstić information content (AvgIpc) is 2.81. The van der Waals surface area contributed by atoms with E-state index in [0.29, 0.717) is 0 Å². The fourth-order valence-corrected chi connectivity index (χ4v) is 2.19. The molecule has 0 saturated heterocycles. The molecule has 1 heteroatoms. The van der Waals surface area contributed by atoms with Crippen molar-refractivity contribution in [2.45, 2.75) is 6.92 Å². The molecule has 0 spiro atoms. The molecule has 18 heavy (non-hydrogen) atoms. The third-order valence-corrected chi connectivity index (χ3v) is 3.25. The van der Waals surface area contributed by atoms with Crippen molar-refractivity contribution < 1.29 is 0 Å². The van der Waals surface area contributed by atoms with Crippen LogP contribution in [0.4, 0.5) is 0 Å². The van der Waals surface area contributed by atoms with Crippen LogP contribution in [0.3, 0.4) is 0 Å². The van der Waals surface area contributed by atoms with Gasteiger partial charge in [-0.15, -0.1) is 0 Å². The van der Waals surface area contributed by atoms with Crippen molar-refractivity contribution in [1.82, 2.24) is 4.98 Å². The molecule has 1 nitrogen and oxygen atoms in total. The van der Waals surface area contributed by atoms with Gasteiger partial charge in [-0.3, -0.25) is 0 Å². The second kappa shape index (κ2) is 4.53. The zero-order valence-corrected chi connectivity index (χ0v) is 10.4. The Morgan fingerprint density at radius 1 is 0.833 bits per heavy atom. The van der Waals surface area contributed by atoms with E-state index in [1.165, 1.54) is 27.6 Å². The van der Waals surface area contributed by atoms with Crippen molar-refractivity contribution in [3.63, 3.8) is 0 Å². The molecule has 3 aromatic rings. The van der Waals surface area contributed by atoms with Crippen molar-refractivity contribution in [2.75, 3.05) is 0 Å². The summed E-state index contributed by atoms with van der Waals surface area (Å²) >= 11 is 0. The van der Waals surface area contributed by atoms with Crippen molar-refractivity contribution in [3.8, 4) is 0 Å². The largest absolute Gasteiger partial charge is 0.361 e. The Balaban J connectivity index is 2.00. The smallest absolute Gasteiger partial charge is 0.0460 e. The SMILES string of the molecule is Cc1ccccc1/C=C/c1c[nH]c2ccccc12. The lowest BCUT2D eigenvalue weighted by atomic mass is 10.1. The third kappa shape index (κ3) is 1.95. The van der Waals surface area contributed by atoms with Crippen molar-refractivity contribution >= 4 is 23.1 Å². The maximum absolute atomic E-state index is 3.29. The lowest BCUT2D eigenvalue weighted by Crippen LogP contribution is -1.77. The summed E-state index contributed by atoms with van der Waals surface area (Å²) in [6, 6.07) is 16.8. The van der Waals surface area contributed by atoms with Gasteiger partial charge in [0.05, 0.1) is 0 Å². The summed E-state index contributed by atoms with van der Waals surface area (Å²) in [6.07, 6.45) is 6.39. The standard InChI is InChI=1S/C17H15N/c1-13-6-2-3-7-14(13)10-11-15-12-18-17-9-5-4-8-16(15)17/h2-12,18H,1H3/b11-10+. The van der Waals surface area contributed by atoms with Crippen LogP contribution in [-0.4, -0.2) is 4.98 Å². The van der Waals surface area contributed by atoms with E-state index in [2.05, 4.69) is 72.7 Å². The van der Waals surface area contributed by atoms with E-state index in [0.717, 1.165) is 0 Å².